The molecule has 2 heterocycles. The second-order valence-corrected chi connectivity index (χ2v) is 4.40. The van der Waals surface area contributed by atoms with Crippen LogP contribution in [0.25, 0.3) is 0 Å². The summed E-state index contributed by atoms with van der Waals surface area (Å²) in [6.45, 7) is 0. The molecular formula is C11H10ClNOS. The highest BCUT2D eigenvalue weighted by Gasteiger charge is 1.99. The number of thioether (sulfide) groups is 1. The predicted molar refractivity (Wildman–Crippen MR) is 63.0 cm³/mol. The average Bonchev–Trinajstić information content (AvgIpc) is 2.71. The fourth-order valence-electron chi connectivity index (χ4n) is 1.18. The zero-order valence-electron chi connectivity index (χ0n) is 8.02. The van der Waals surface area contributed by atoms with Crippen LogP contribution in [-0.2, 0) is 11.5 Å². The van der Waals surface area contributed by atoms with E-state index in [2.05, 4.69) is 4.98 Å². The maximum atomic E-state index is 5.78. The molecule has 0 saturated heterocycles. The van der Waals surface area contributed by atoms with E-state index in [9.17, 15) is 0 Å². The Hall–Kier alpha value is -0.930. The average molecular weight is 240 g/mol. The van der Waals surface area contributed by atoms with Crippen LogP contribution in [-0.4, -0.2) is 4.98 Å². The monoisotopic (exact) mass is 239 g/mol. The minimum Gasteiger partial charge on any atom is -0.468 e. The maximum Gasteiger partial charge on any atom is 0.129 e. The summed E-state index contributed by atoms with van der Waals surface area (Å²) in [5.41, 5.74) is 0.999. The lowest BCUT2D eigenvalue weighted by Crippen LogP contribution is -1.86. The molecule has 0 fully saturated rings. The van der Waals surface area contributed by atoms with Crippen LogP contribution in [0, 0.1) is 0 Å². The summed E-state index contributed by atoms with van der Waals surface area (Å²) in [5, 5.41) is 0.547. The van der Waals surface area contributed by atoms with Gasteiger partial charge in [-0.25, -0.2) is 4.98 Å². The second kappa shape index (κ2) is 5.24. The van der Waals surface area contributed by atoms with Crippen LogP contribution in [0.5, 0.6) is 0 Å². The third kappa shape index (κ3) is 3.29. The SMILES string of the molecule is Clc1cccc(CSCc2ccco2)n1. The van der Waals surface area contributed by atoms with Gasteiger partial charge >= 0.3 is 0 Å². The largest absolute Gasteiger partial charge is 0.468 e. The summed E-state index contributed by atoms with van der Waals surface area (Å²) in [4.78, 5) is 4.21. The van der Waals surface area contributed by atoms with Crippen molar-refractivity contribution in [2.75, 3.05) is 0 Å². The van der Waals surface area contributed by atoms with Gasteiger partial charge < -0.3 is 4.42 Å². The minimum atomic E-state index is 0.547. The molecule has 0 N–H and O–H groups in total. The molecule has 0 unspecified atom stereocenters. The molecule has 0 saturated carbocycles. The predicted octanol–water partition coefficient (Wildman–Crippen LogP) is 3.76. The van der Waals surface area contributed by atoms with Crippen molar-refractivity contribution >= 4 is 23.4 Å². The van der Waals surface area contributed by atoms with Crippen LogP contribution in [0.15, 0.2) is 41.0 Å². The van der Waals surface area contributed by atoms with Gasteiger partial charge in [0, 0.05) is 5.75 Å². The zero-order chi connectivity index (χ0) is 10.5. The first kappa shape index (κ1) is 10.6. The zero-order valence-corrected chi connectivity index (χ0v) is 9.59. The number of furan rings is 1. The van der Waals surface area contributed by atoms with Gasteiger partial charge in [0.1, 0.15) is 10.9 Å². The number of hydrogen-bond donors (Lipinski definition) is 0. The highest BCUT2D eigenvalue weighted by Crippen LogP contribution is 2.17. The van der Waals surface area contributed by atoms with Crippen LogP contribution in [0.4, 0.5) is 0 Å². The molecule has 78 valence electrons. The van der Waals surface area contributed by atoms with Crippen LogP contribution < -0.4 is 0 Å². The van der Waals surface area contributed by atoms with Gasteiger partial charge in [-0.2, -0.15) is 0 Å². The van der Waals surface area contributed by atoms with Crippen LogP contribution in [0.2, 0.25) is 5.15 Å². The van der Waals surface area contributed by atoms with E-state index in [1.807, 2.05) is 24.3 Å². The van der Waals surface area contributed by atoms with Gasteiger partial charge in [-0.1, -0.05) is 17.7 Å². The third-order valence-electron chi connectivity index (χ3n) is 1.85. The Morgan fingerprint density at radius 3 is 2.87 bits per heavy atom. The summed E-state index contributed by atoms with van der Waals surface area (Å²) in [5.74, 6) is 2.70. The molecular weight excluding hydrogens is 230 g/mol. The van der Waals surface area contributed by atoms with Crippen molar-refractivity contribution in [2.45, 2.75) is 11.5 Å². The number of pyridine rings is 1. The van der Waals surface area contributed by atoms with Gasteiger partial charge in [0.2, 0.25) is 0 Å². The standard InChI is InChI=1S/C11H10ClNOS/c12-11-5-1-3-9(13-11)7-15-8-10-4-2-6-14-10/h1-6H,7-8H2. The van der Waals surface area contributed by atoms with Crippen LogP contribution in [0.3, 0.4) is 0 Å². The molecule has 0 radical (unpaired) electrons. The molecule has 0 bridgehead atoms. The third-order valence-corrected chi connectivity index (χ3v) is 3.05. The molecule has 4 heteroatoms. The topological polar surface area (TPSA) is 26.0 Å². The smallest absolute Gasteiger partial charge is 0.129 e. The van der Waals surface area contributed by atoms with Crippen LogP contribution >= 0.6 is 23.4 Å². The summed E-state index contributed by atoms with van der Waals surface area (Å²) in [6.07, 6.45) is 1.69. The Bertz CT molecular complexity index is 416. The molecule has 0 aromatic carbocycles. The summed E-state index contributed by atoms with van der Waals surface area (Å²) < 4.78 is 5.23. The molecule has 0 aliphatic carbocycles. The van der Waals surface area contributed by atoms with Crippen molar-refractivity contribution < 1.29 is 4.42 Å². The number of hydrogen-bond acceptors (Lipinski definition) is 3. The number of aromatic nitrogens is 1. The van der Waals surface area contributed by atoms with E-state index in [0.29, 0.717) is 5.15 Å². The molecule has 0 amide bonds. The fraction of sp³-hybridized carbons (Fsp3) is 0.182. The van der Waals surface area contributed by atoms with Gasteiger partial charge in [0.05, 0.1) is 17.7 Å². The van der Waals surface area contributed by atoms with Crippen molar-refractivity contribution in [3.63, 3.8) is 0 Å². The Morgan fingerprint density at radius 1 is 1.20 bits per heavy atom. The van der Waals surface area contributed by atoms with E-state index >= 15 is 0 Å². The Balaban J connectivity index is 1.83. The highest BCUT2D eigenvalue weighted by molar-refractivity contribution is 7.97. The first-order valence-corrected chi connectivity index (χ1v) is 6.09. The Labute approximate surface area is 97.7 Å². The van der Waals surface area contributed by atoms with E-state index in [0.717, 1.165) is 23.0 Å². The summed E-state index contributed by atoms with van der Waals surface area (Å²) >= 11 is 7.54. The quantitative estimate of drug-likeness (QED) is 0.760. The van der Waals surface area contributed by atoms with Crippen molar-refractivity contribution in [1.82, 2.24) is 4.98 Å². The van der Waals surface area contributed by atoms with Crippen molar-refractivity contribution in [3.05, 3.63) is 53.2 Å². The molecule has 0 atom stereocenters. The van der Waals surface area contributed by atoms with Gasteiger partial charge in [0.15, 0.2) is 0 Å². The molecule has 2 nitrogen and oxygen atoms in total. The van der Waals surface area contributed by atoms with Gasteiger partial charge in [-0.05, 0) is 24.3 Å². The van der Waals surface area contributed by atoms with Gasteiger partial charge in [-0.15, -0.1) is 11.8 Å². The molecule has 2 aromatic rings. The first-order chi connectivity index (χ1) is 7.34. The molecule has 0 aliphatic rings. The fourth-order valence-corrected chi connectivity index (χ4v) is 2.20. The van der Waals surface area contributed by atoms with Gasteiger partial charge in [-0.3, -0.25) is 0 Å². The molecule has 2 rings (SSSR count). The number of nitrogens with zero attached hydrogens (tertiary/aromatic N) is 1. The number of rotatable bonds is 4. The lowest BCUT2D eigenvalue weighted by molar-refractivity contribution is 0.530. The molecule has 0 spiro atoms. The van der Waals surface area contributed by atoms with E-state index < -0.39 is 0 Å². The first-order valence-electron chi connectivity index (χ1n) is 4.56. The molecule has 0 aliphatic heterocycles. The Morgan fingerprint density at radius 2 is 2.13 bits per heavy atom. The van der Waals surface area contributed by atoms with Crippen LogP contribution in [0.1, 0.15) is 11.5 Å². The summed E-state index contributed by atoms with van der Waals surface area (Å²) in [7, 11) is 0. The van der Waals surface area contributed by atoms with Crippen molar-refractivity contribution in [3.8, 4) is 0 Å². The molecule has 15 heavy (non-hydrogen) atoms. The van der Waals surface area contributed by atoms with Gasteiger partial charge in [0.25, 0.3) is 0 Å². The van der Waals surface area contributed by atoms with E-state index in [4.69, 9.17) is 16.0 Å². The minimum absolute atomic E-state index is 0.547. The van der Waals surface area contributed by atoms with Crippen molar-refractivity contribution in [1.29, 1.82) is 0 Å². The van der Waals surface area contributed by atoms with E-state index in [1.165, 1.54) is 0 Å². The second-order valence-electron chi connectivity index (χ2n) is 3.02. The van der Waals surface area contributed by atoms with E-state index in [1.54, 1.807) is 24.1 Å². The Kier molecular flexibility index (Phi) is 3.69. The normalized spacial score (nSPS) is 10.5. The lowest BCUT2D eigenvalue weighted by Gasteiger charge is -1.99. The summed E-state index contributed by atoms with van der Waals surface area (Å²) in [6, 6.07) is 9.54. The number of halogens is 1. The van der Waals surface area contributed by atoms with Crippen molar-refractivity contribution in [2.24, 2.45) is 0 Å². The van der Waals surface area contributed by atoms with E-state index in [-0.39, 0.29) is 0 Å². The lowest BCUT2D eigenvalue weighted by atomic mass is 10.4. The highest BCUT2D eigenvalue weighted by atomic mass is 35.5. The maximum absolute atomic E-state index is 5.78. The molecule has 2 aromatic heterocycles.